The first kappa shape index (κ1) is 51.9. The molecule has 7 unspecified atom stereocenters. The normalized spacial score (nSPS) is 22.1. The van der Waals surface area contributed by atoms with Crippen LogP contribution in [0.25, 0.3) is 0 Å². The maximum atomic E-state index is 12.9. The number of nitrogens with one attached hydrogen (secondary N) is 1. The molecular weight excluding hydrogens is 719 g/mol. The maximum Gasteiger partial charge on any atom is 0.220 e. The van der Waals surface area contributed by atoms with Gasteiger partial charge in [-0.3, -0.25) is 4.79 Å². The van der Waals surface area contributed by atoms with E-state index in [0.29, 0.717) is 6.42 Å². The molecule has 1 aliphatic rings. The van der Waals surface area contributed by atoms with Gasteiger partial charge in [-0.2, -0.15) is 0 Å². The highest BCUT2D eigenvalue weighted by Gasteiger charge is 2.44. The van der Waals surface area contributed by atoms with Gasteiger partial charge in [0.25, 0.3) is 0 Å². The van der Waals surface area contributed by atoms with E-state index in [1.54, 1.807) is 6.08 Å². The molecule has 57 heavy (non-hydrogen) atoms. The number of hydrogen-bond donors (Lipinski definition) is 6. The third-order valence-electron chi connectivity index (χ3n) is 9.35. The molecule has 0 bridgehead atoms. The standard InChI is InChI=1S/C48H77NO8/c1-3-5-7-9-11-12-13-14-15-16-17-18-19-20-21-22-23-24-25-26-27-28-29-30-32-34-36-38-44(52)49-41(42(51)37-35-33-31-10-8-6-4-2)40-56-48-47(55)46(54)45(53)43(39-50)57-48/h5,7,11-12,14-15,17-18,20-21,23-24,26-27,29-30,35,37,41-43,45-48,50-51,53-55H,3-4,6,8-10,13,16,19,22,25,28,31-34,36,38-40H2,1-2H3,(H,49,52)/b7-5-,12-11-,15-14-,18-17-,21-20-,24-23-,27-26-,30-29-,37-35+. The second-order valence-corrected chi connectivity index (χ2v) is 14.4. The highest BCUT2D eigenvalue weighted by molar-refractivity contribution is 5.76. The molecule has 9 heteroatoms. The van der Waals surface area contributed by atoms with Crippen molar-refractivity contribution in [1.29, 1.82) is 0 Å². The van der Waals surface area contributed by atoms with Crippen molar-refractivity contribution in [2.75, 3.05) is 13.2 Å². The fourth-order valence-corrected chi connectivity index (χ4v) is 5.87. The number of rotatable bonds is 33. The number of aliphatic hydroxyl groups excluding tert-OH is 5. The predicted octanol–water partition coefficient (Wildman–Crippen LogP) is 8.72. The molecule has 0 spiro atoms. The van der Waals surface area contributed by atoms with Crippen LogP contribution in [-0.2, 0) is 14.3 Å². The highest BCUT2D eigenvalue weighted by atomic mass is 16.7. The van der Waals surface area contributed by atoms with Gasteiger partial charge in [-0.25, -0.2) is 0 Å². The molecule has 1 amide bonds. The molecule has 6 N–H and O–H groups in total. The Bertz CT molecular complexity index is 1250. The largest absolute Gasteiger partial charge is 0.394 e. The number of carbonyl (C=O) groups excluding carboxylic acids is 1. The molecule has 0 aromatic carbocycles. The van der Waals surface area contributed by atoms with E-state index in [4.69, 9.17) is 9.47 Å². The topological polar surface area (TPSA) is 149 Å². The molecule has 1 aliphatic heterocycles. The number of unbranched alkanes of at least 4 members (excludes halogenated alkanes) is 7. The number of hydrogen-bond acceptors (Lipinski definition) is 8. The van der Waals surface area contributed by atoms with E-state index in [1.807, 2.05) is 6.08 Å². The van der Waals surface area contributed by atoms with Crippen molar-refractivity contribution in [2.24, 2.45) is 0 Å². The molecule has 1 saturated heterocycles. The van der Waals surface area contributed by atoms with Gasteiger partial charge in [-0.1, -0.05) is 149 Å². The quantitative estimate of drug-likeness (QED) is 0.0286. The molecule has 1 heterocycles. The van der Waals surface area contributed by atoms with Crippen molar-refractivity contribution in [3.05, 3.63) is 109 Å². The third-order valence-corrected chi connectivity index (χ3v) is 9.35. The van der Waals surface area contributed by atoms with Gasteiger partial charge in [0.1, 0.15) is 24.4 Å². The molecule has 9 nitrogen and oxygen atoms in total. The van der Waals surface area contributed by atoms with Gasteiger partial charge in [0, 0.05) is 6.42 Å². The number of aliphatic hydroxyl groups is 5. The first-order valence-corrected chi connectivity index (χ1v) is 21.6. The lowest BCUT2D eigenvalue weighted by molar-refractivity contribution is -0.302. The van der Waals surface area contributed by atoms with Crippen LogP contribution in [-0.4, -0.2) is 87.5 Å². The van der Waals surface area contributed by atoms with Gasteiger partial charge in [-0.15, -0.1) is 0 Å². The van der Waals surface area contributed by atoms with Crippen molar-refractivity contribution >= 4 is 5.91 Å². The Morgan fingerprint density at radius 1 is 0.614 bits per heavy atom. The zero-order valence-corrected chi connectivity index (χ0v) is 35.0. The minimum absolute atomic E-state index is 0.215. The van der Waals surface area contributed by atoms with Crippen LogP contribution in [0.4, 0.5) is 0 Å². The zero-order valence-electron chi connectivity index (χ0n) is 35.0. The van der Waals surface area contributed by atoms with Gasteiger partial charge in [0.2, 0.25) is 5.91 Å². The monoisotopic (exact) mass is 796 g/mol. The Balaban J connectivity index is 2.31. The molecule has 0 aliphatic carbocycles. The molecule has 0 aromatic heterocycles. The molecule has 0 saturated carbocycles. The van der Waals surface area contributed by atoms with Crippen LogP contribution in [0, 0.1) is 0 Å². The summed E-state index contributed by atoms with van der Waals surface area (Å²) in [7, 11) is 0. The summed E-state index contributed by atoms with van der Waals surface area (Å²) >= 11 is 0. The average molecular weight is 796 g/mol. The molecule has 322 valence electrons. The Morgan fingerprint density at radius 2 is 1.09 bits per heavy atom. The second-order valence-electron chi connectivity index (χ2n) is 14.4. The summed E-state index contributed by atoms with van der Waals surface area (Å²) in [6, 6.07) is -0.833. The van der Waals surface area contributed by atoms with Crippen LogP contribution in [0.2, 0.25) is 0 Å². The summed E-state index contributed by atoms with van der Waals surface area (Å²) in [6.45, 7) is 3.53. The number of allylic oxidation sites excluding steroid dienone is 17. The average Bonchev–Trinajstić information content (AvgIpc) is 3.21. The summed E-state index contributed by atoms with van der Waals surface area (Å²) < 4.78 is 11.1. The maximum absolute atomic E-state index is 12.9. The lowest BCUT2D eigenvalue weighted by Crippen LogP contribution is -2.60. The van der Waals surface area contributed by atoms with Gasteiger partial charge in [0.15, 0.2) is 6.29 Å². The van der Waals surface area contributed by atoms with E-state index in [0.717, 1.165) is 83.5 Å². The van der Waals surface area contributed by atoms with E-state index < -0.39 is 49.5 Å². The van der Waals surface area contributed by atoms with Crippen molar-refractivity contribution in [3.63, 3.8) is 0 Å². The number of ether oxygens (including phenoxy) is 2. The van der Waals surface area contributed by atoms with Crippen LogP contribution in [0.15, 0.2) is 109 Å². The van der Waals surface area contributed by atoms with Crippen molar-refractivity contribution in [3.8, 4) is 0 Å². The first-order chi connectivity index (χ1) is 27.8. The van der Waals surface area contributed by atoms with Gasteiger partial charge in [0.05, 0.1) is 25.4 Å². The predicted molar refractivity (Wildman–Crippen MR) is 234 cm³/mol. The van der Waals surface area contributed by atoms with Crippen LogP contribution in [0.5, 0.6) is 0 Å². The van der Waals surface area contributed by atoms with E-state index in [9.17, 15) is 30.3 Å². The molecule has 1 fully saturated rings. The van der Waals surface area contributed by atoms with Crippen molar-refractivity contribution < 1.29 is 39.8 Å². The van der Waals surface area contributed by atoms with E-state index in [1.165, 1.54) is 19.3 Å². The highest BCUT2D eigenvalue weighted by Crippen LogP contribution is 2.22. The van der Waals surface area contributed by atoms with Gasteiger partial charge >= 0.3 is 0 Å². The van der Waals surface area contributed by atoms with Crippen molar-refractivity contribution in [1.82, 2.24) is 5.32 Å². The van der Waals surface area contributed by atoms with Gasteiger partial charge < -0.3 is 40.3 Å². The summed E-state index contributed by atoms with van der Waals surface area (Å²) in [4.78, 5) is 12.9. The molecule has 1 rings (SSSR count). The smallest absolute Gasteiger partial charge is 0.220 e. The van der Waals surface area contributed by atoms with Crippen LogP contribution in [0.3, 0.4) is 0 Å². The third kappa shape index (κ3) is 28.0. The summed E-state index contributed by atoms with van der Waals surface area (Å²) in [5.74, 6) is -0.231. The number of carbonyl (C=O) groups is 1. The van der Waals surface area contributed by atoms with Gasteiger partial charge in [-0.05, 0) is 83.5 Å². The SMILES string of the molecule is CC/C=C\C/C=C\C/C=C\C/C=C\C/C=C\C/C=C\C/C=C\C/C=C\CCCCC(=O)NC(COC1OC(CO)C(O)C(O)C1O)C(O)/C=C/CCCCCCC. The molecular formula is C48H77NO8. The second kappa shape index (κ2) is 37.1. The minimum atomic E-state index is -1.58. The van der Waals surface area contributed by atoms with Crippen LogP contribution >= 0.6 is 0 Å². The molecule has 0 radical (unpaired) electrons. The van der Waals surface area contributed by atoms with E-state index in [-0.39, 0.29) is 18.9 Å². The Labute approximate surface area is 345 Å². The lowest BCUT2D eigenvalue weighted by atomic mass is 9.99. The summed E-state index contributed by atoms with van der Waals surface area (Å²) in [6.07, 6.45) is 47.3. The molecule has 7 atom stereocenters. The summed E-state index contributed by atoms with van der Waals surface area (Å²) in [5, 5.41) is 53.8. The minimum Gasteiger partial charge on any atom is -0.394 e. The summed E-state index contributed by atoms with van der Waals surface area (Å²) in [5.41, 5.74) is 0. The van der Waals surface area contributed by atoms with E-state index >= 15 is 0 Å². The fraction of sp³-hybridized carbons (Fsp3) is 0.604. The lowest BCUT2D eigenvalue weighted by Gasteiger charge is -2.40. The first-order valence-electron chi connectivity index (χ1n) is 21.6. The van der Waals surface area contributed by atoms with Crippen LogP contribution < -0.4 is 5.32 Å². The fourth-order valence-electron chi connectivity index (χ4n) is 5.87. The zero-order chi connectivity index (χ0) is 41.6. The number of amides is 1. The Hall–Kier alpha value is -3.15. The Morgan fingerprint density at radius 3 is 1.60 bits per heavy atom. The van der Waals surface area contributed by atoms with E-state index in [2.05, 4.69) is 116 Å². The Kier molecular flexibility index (Phi) is 33.8. The van der Waals surface area contributed by atoms with Crippen molar-refractivity contribution in [2.45, 2.75) is 172 Å². The van der Waals surface area contributed by atoms with Crippen LogP contribution in [0.1, 0.15) is 129 Å². The molecule has 0 aromatic rings.